The number of hydrogen-bond donors (Lipinski definition) is 5. The van der Waals surface area contributed by atoms with Crippen LogP contribution in [0.3, 0.4) is 0 Å². The number of ether oxygens (including phenoxy) is 2. The van der Waals surface area contributed by atoms with E-state index in [9.17, 15) is 24.7 Å². The number of benzene rings is 2. The molecule has 6 rings (SSSR count). The number of esters is 1. The van der Waals surface area contributed by atoms with Gasteiger partial charge < -0.3 is 34.8 Å². The summed E-state index contributed by atoms with van der Waals surface area (Å²) < 4.78 is 27.6. The van der Waals surface area contributed by atoms with Crippen molar-refractivity contribution in [2.45, 2.75) is 51.3 Å². The summed E-state index contributed by atoms with van der Waals surface area (Å²) in [7, 11) is -3.53. The van der Waals surface area contributed by atoms with E-state index in [1.54, 1.807) is 6.07 Å². The summed E-state index contributed by atoms with van der Waals surface area (Å²) in [5, 5.41) is 33.3. The molecule has 5 N–H and O–H groups in total. The van der Waals surface area contributed by atoms with Crippen molar-refractivity contribution < 1.29 is 37.9 Å². The molecule has 3 heterocycles. The topological polar surface area (TPSA) is 249 Å². The smallest absolute Gasteiger partial charge is 0.458 e. The van der Waals surface area contributed by atoms with Crippen molar-refractivity contribution in [3.05, 3.63) is 64.4 Å². The monoisotopic (exact) mass is 752 g/mol. The highest BCUT2D eigenvalue weighted by atomic mass is 35.5. The lowest BCUT2D eigenvalue weighted by Gasteiger charge is -2.39. The average molecular weight is 753 g/mol. The number of phosphoric acid groups is 1. The summed E-state index contributed by atoms with van der Waals surface area (Å²) in [6.45, 7) is 0.415. The molecule has 18 nitrogen and oxygen atoms in total. The number of alkyl carbamates (subject to hydrolysis) is 1. The molecule has 272 valence electrons. The number of imidazole rings is 1. The van der Waals surface area contributed by atoms with E-state index in [2.05, 4.69) is 47.7 Å². The van der Waals surface area contributed by atoms with Gasteiger partial charge in [-0.1, -0.05) is 31.2 Å². The van der Waals surface area contributed by atoms with Crippen LogP contribution in [0.5, 0.6) is 5.75 Å². The number of phosphoric ester groups is 1. The summed E-state index contributed by atoms with van der Waals surface area (Å²) in [6, 6.07) is 12.5. The first-order valence-corrected chi connectivity index (χ1v) is 17.4. The molecule has 20 heteroatoms. The Morgan fingerprint density at radius 3 is 2.54 bits per heavy atom. The van der Waals surface area contributed by atoms with Gasteiger partial charge in [0.1, 0.15) is 17.9 Å². The molecule has 0 bridgehead atoms. The van der Waals surface area contributed by atoms with Crippen LogP contribution >= 0.6 is 19.4 Å². The third-order valence-corrected chi connectivity index (χ3v) is 8.84. The van der Waals surface area contributed by atoms with Gasteiger partial charge in [-0.2, -0.15) is 20.0 Å². The van der Waals surface area contributed by atoms with Gasteiger partial charge in [-0.15, -0.1) is 5.10 Å². The predicted molar refractivity (Wildman–Crippen MR) is 187 cm³/mol. The molecule has 2 fully saturated rings. The van der Waals surface area contributed by atoms with E-state index in [-0.39, 0.29) is 54.4 Å². The minimum Gasteiger partial charge on any atom is -0.458 e. The lowest BCUT2D eigenvalue weighted by Crippen LogP contribution is -2.56. The molecule has 1 aliphatic carbocycles. The van der Waals surface area contributed by atoms with Crippen molar-refractivity contribution in [2.24, 2.45) is 0 Å². The van der Waals surface area contributed by atoms with Crippen LogP contribution in [-0.4, -0.2) is 79.8 Å². The largest absolute Gasteiger partial charge is 0.524 e. The van der Waals surface area contributed by atoms with Gasteiger partial charge in [0.25, 0.3) is 0 Å². The minimum absolute atomic E-state index is 0. The Bertz CT molecular complexity index is 2110. The van der Waals surface area contributed by atoms with Crippen LogP contribution in [0.4, 0.5) is 27.9 Å². The average Bonchev–Trinajstić information content (AvgIpc) is 3.82. The number of methoxy groups -OCH3 is 1. The lowest BCUT2D eigenvalue weighted by molar-refractivity contribution is -0.149. The van der Waals surface area contributed by atoms with Crippen molar-refractivity contribution >= 4 is 60.3 Å². The summed E-state index contributed by atoms with van der Waals surface area (Å²) in [6.07, 6.45) is 1.86. The van der Waals surface area contributed by atoms with Gasteiger partial charge in [0, 0.05) is 12.6 Å². The second-order valence-electron chi connectivity index (χ2n) is 11.7. The van der Waals surface area contributed by atoms with Crippen LogP contribution in [0.1, 0.15) is 43.5 Å². The fourth-order valence-electron chi connectivity index (χ4n) is 5.46. The van der Waals surface area contributed by atoms with Crippen LogP contribution < -0.4 is 25.4 Å². The third kappa shape index (κ3) is 8.98. The number of halogens is 1. The van der Waals surface area contributed by atoms with Crippen LogP contribution in [-0.2, 0) is 25.3 Å². The Hall–Kier alpha value is -5.65. The number of nitrogens with zero attached hydrogens (tertiary/aromatic N) is 7. The molecule has 0 spiro atoms. The molecular weight excluding hydrogens is 719 g/mol. The van der Waals surface area contributed by atoms with Gasteiger partial charge in [0.15, 0.2) is 17.2 Å². The van der Waals surface area contributed by atoms with Gasteiger partial charge in [0.05, 0.1) is 60.3 Å². The molecule has 2 atom stereocenters. The lowest BCUT2D eigenvalue weighted by atomic mass is 10.00. The number of amides is 1. The van der Waals surface area contributed by atoms with Crippen LogP contribution in [0.2, 0.25) is 5.02 Å². The number of carbonyl (C=O) groups is 2. The summed E-state index contributed by atoms with van der Waals surface area (Å²) >= 11 is 6.95. The van der Waals surface area contributed by atoms with Crippen LogP contribution in [0, 0.1) is 22.7 Å². The Morgan fingerprint density at radius 1 is 1.13 bits per heavy atom. The van der Waals surface area contributed by atoms with E-state index in [0.29, 0.717) is 41.4 Å². The van der Waals surface area contributed by atoms with E-state index in [1.165, 1.54) is 48.2 Å². The second kappa shape index (κ2) is 15.7. The van der Waals surface area contributed by atoms with Crippen molar-refractivity contribution in [1.82, 2.24) is 24.9 Å². The normalized spacial score (nSPS) is 16.8. The maximum Gasteiger partial charge on any atom is 0.524 e. The molecule has 1 aliphatic heterocycles. The maximum absolute atomic E-state index is 13.1. The highest BCUT2D eigenvalue weighted by Gasteiger charge is 2.35. The van der Waals surface area contributed by atoms with Gasteiger partial charge in [-0.25, -0.2) is 14.3 Å². The van der Waals surface area contributed by atoms with Gasteiger partial charge in [-0.05, 0) is 49.1 Å². The fraction of sp³-hybridized carbons (Fsp3) is 0.344. The summed E-state index contributed by atoms with van der Waals surface area (Å²) in [5.74, 6) is -0.190. The molecule has 2 aromatic heterocycles. The number of fused-ring (bicyclic) bond motifs is 1. The van der Waals surface area contributed by atoms with E-state index in [1.807, 2.05) is 4.90 Å². The Labute approximate surface area is 302 Å². The molecule has 4 aromatic rings. The zero-order valence-electron chi connectivity index (χ0n) is 26.8. The quantitative estimate of drug-likeness (QED) is 0.107. The van der Waals surface area contributed by atoms with E-state index < -0.39 is 32.0 Å². The maximum atomic E-state index is 13.1. The summed E-state index contributed by atoms with van der Waals surface area (Å²) in [4.78, 5) is 54.0. The van der Waals surface area contributed by atoms with Gasteiger partial charge >= 0.3 is 19.9 Å². The van der Waals surface area contributed by atoms with E-state index >= 15 is 0 Å². The first kappa shape index (κ1) is 37.6. The number of aromatic nitrogens is 4. The van der Waals surface area contributed by atoms with Crippen molar-refractivity contribution in [1.29, 1.82) is 10.5 Å². The number of rotatable bonds is 11. The number of nitriles is 2. The third-order valence-electron chi connectivity index (χ3n) is 7.99. The number of carbonyl (C=O) groups excluding carboxylic acids is 2. The Kier molecular flexibility index (Phi) is 11.4. The molecular formula is C32H34ClN10O8P. The van der Waals surface area contributed by atoms with Crippen molar-refractivity contribution in [3.8, 4) is 17.9 Å². The number of nitrogens with one attached hydrogen (secondary N) is 3. The van der Waals surface area contributed by atoms with E-state index in [4.69, 9.17) is 30.9 Å². The van der Waals surface area contributed by atoms with Crippen molar-refractivity contribution in [3.63, 3.8) is 0 Å². The van der Waals surface area contributed by atoms with Gasteiger partial charge in [-0.3, -0.25) is 14.6 Å². The molecule has 2 aromatic carbocycles. The predicted octanol–water partition coefficient (Wildman–Crippen LogP) is 4.04. The van der Waals surface area contributed by atoms with Crippen LogP contribution in [0.15, 0.2) is 42.6 Å². The second-order valence-corrected chi connectivity index (χ2v) is 13.2. The number of anilines is 4. The SMILES string of the molecule is C.COC(=O)N[C@@H]1CCN(c2cc(C#N)cc(Nc3nc(NC4CC4)c4ncc(C#N)n4n3)c2Cl)C[C@@H]1OC(=O)Cc1ccc(OP(=O)(O)O)cc1. The fourth-order valence-corrected chi connectivity index (χ4v) is 6.13. The molecule has 2 aliphatic rings. The molecule has 1 saturated heterocycles. The number of piperidine rings is 1. The summed E-state index contributed by atoms with van der Waals surface area (Å²) in [5.41, 5.74) is 2.06. The Balaban J connectivity index is 0.00000523. The first-order chi connectivity index (χ1) is 24.4. The molecule has 0 unspecified atom stereocenters. The zero-order valence-corrected chi connectivity index (χ0v) is 28.5. The Morgan fingerprint density at radius 2 is 1.88 bits per heavy atom. The molecule has 1 amide bonds. The standard InChI is InChI=1S/C31H30ClN10O8P.CH4/c1-48-31(44)38-22-8-9-41(16-25(22)49-26(43)12-17-2-6-21(7-3-17)50-51(45,46)47)24-11-18(13-33)10-23(27(24)32)37-30-39-28(36-19-4-5-19)29-35-15-20(14-34)42(29)40-30;/h2-3,6-7,10-11,15,19,22,25H,4-5,8-9,12,16H2,1H3,(H,38,44)(H2,45,46,47)(H2,36,37,39,40);1H4/t22-,25+;/m1./s1. The highest BCUT2D eigenvalue weighted by molar-refractivity contribution is 7.46. The van der Waals surface area contributed by atoms with E-state index in [0.717, 1.165) is 12.8 Å². The molecule has 52 heavy (non-hydrogen) atoms. The number of hydrogen-bond acceptors (Lipinski definition) is 14. The zero-order chi connectivity index (χ0) is 36.3. The highest BCUT2D eigenvalue weighted by Crippen LogP contribution is 2.39. The minimum atomic E-state index is -4.75. The molecule has 1 saturated carbocycles. The van der Waals surface area contributed by atoms with Crippen molar-refractivity contribution in [2.75, 3.05) is 35.7 Å². The molecule has 0 radical (unpaired) electrons. The van der Waals surface area contributed by atoms with Gasteiger partial charge in [0.2, 0.25) is 5.95 Å². The first-order valence-electron chi connectivity index (χ1n) is 15.5. The van der Waals surface area contributed by atoms with Crippen LogP contribution in [0.25, 0.3) is 5.65 Å².